The number of carbonyl (C=O) groups is 2. The molecule has 0 aromatic rings. The van der Waals surface area contributed by atoms with Crippen molar-refractivity contribution in [2.75, 3.05) is 0 Å². The molecule has 0 aromatic carbocycles. The smallest absolute Gasteiger partial charge is 0.550 e. The van der Waals surface area contributed by atoms with Crippen molar-refractivity contribution < 1.29 is 57.6 Å². The van der Waals surface area contributed by atoms with E-state index in [-0.39, 0.29) is 29.6 Å². The second kappa shape index (κ2) is 10.8. The first-order valence-corrected chi connectivity index (χ1v) is 1.34. The number of carbonyl (C=O) groups excluding carboxylic acids is 1. The van der Waals surface area contributed by atoms with Crippen LogP contribution in [0, 0.1) is 0 Å². The van der Waals surface area contributed by atoms with Crippen molar-refractivity contribution in [3.63, 3.8) is 0 Å². The van der Waals surface area contributed by atoms with Crippen LogP contribution in [0.2, 0.25) is 0 Å². The van der Waals surface area contributed by atoms with Gasteiger partial charge in [0, 0.05) is 21.0 Å². The van der Waals surface area contributed by atoms with E-state index in [4.69, 9.17) is 13.3 Å². The van der Waals surface area contributed by atoms with E-state index in [1.807, 2.05) is 0 Å². The zero-order chi connectivity index (χ0) is 12.2. The quantitative estimate of drug-likeness (QED) is 0.354. The molecule has 48 valence electrons. The molecular formula is C4H7NaO4. The summed E-state index contributed by atoms with van der Waals surface area (Å²) in [5.41, 5.74) is 0. The molecule has 0 amide bonds. The van der Waals surface area contributed by atoms with Gasteiger partial charge in [-0.1, -0.05) is 0 Å². The minimum Gasteiger partial charge on any atom is -0.550 e. The summed E-state index contributed by atoms with van der Waals surface area (Å²) in [5, 5.41) is 17.0. The summed E-state index contributed by atoms with van der Waals surface area (Å²) < 4.78 is 36.5. The van der Waals surface area contributed by atoms with E-state index >= 15 is 0 Å². The Morgan fingerprint density at radius 3 is 1.78 bits per heavy atom. The van der Waals surface area contributed by atoms with E-state index in [0.717, 1.165) is 0 Å². The standard InChI is InChI=1S/2C2H4O2.Na/c2*1-2(3)4;/h2*1H3,(H,3,4);/q;;+1/p-1/i2*1D3;. The fraction of sp³-hybridized carbons (Fsp3) is 0.500. The van der Waals surface area contributed by atoms with E-state index in [9.17, 15) is 14.7 Å². The molecular weight excluding hydrogens is 135 g/mol. The van der Waals surface area contributed by atoms with Gasteiger partial charge >= 0.3 is 29.6 Å². The Morgan fingerprint density at radius 1 is 1.56 bits per heavy atom. The molecule has 0 heterocycles. The molecule has 0 aliphatic carbocycles. The van der Waals surface area contributed by atoms with Gasteiger partial charge in [0.15, 0.2) is 0 Å². The average Bonchev–Trinajstić information content (AvgIpc) is 1.83. The monoisotopic (exact) mass is 148 g/mol. The zero-order valence-corrected chi connectivity index (χ0v) is 6.67. The molecule has 9 heavy (non-hydrogen) atoms. The summed E-state index contributed by atoms with van der Waals surface area (Å²) in [6.07, 6.45) is 0. The van der Waals surface area contributed by atoms with Gasteiger partial charge in [-0.3, -0.25) is 4.79 Å². The molecule has 0 bridgehead atoms. The molecule has 4 nitrogen and oxygen atoms in total. The summed E-state index contributed by atoms with van der Waals surface area (Å²) in [5.74, 6) is -3.76. The summed E-state index contributed by atoms with van der Waals surface area (Å²) in [6.45, 7) is -5.78. The molecule has 0 rings (SSSR count). The molecule has 1 N–H and O–H groups in total. The van der Waals surface area contributed by atoms with Gasteiger partial charge < -0.3 is 15.0 Å². The molecule has 0 radical (unpaired) electrons. The molecule has 0 aliphatic rings. The van der Waals surface area contributed by atoms with E-state index in [1.165, 1.54) is 0 Å². The van der Waals surface area contributed by atoms with E-state index in [1.54, 1.807) is 0 Å². The molecule has 0 atom stereocenters. The Labute approximate surface area is 83.6 Å². The van der Waals surface area contributed by atoms with Crippen molar-refractivity contribution >= 4 is 11.9 Å². The van der Waals surface area contributed by atoms with Crippen LogP contribution in [0.3, 0.4) is 0 Å². The van der Waals surface area contributed by atoms with Gasteiger partial charge in [-0.05, 0) is 6.85 Å². The normalized spacial score (nSPS) is 18.2. The number of hydrogen-bond acceptors (Lipinski definition) is 3. The summed E-state index contributed by atoms with van der Waals surface area (Å²) in [7, 11) is 0. The molecule has 0 saturated carbocycles. The fourth-order valence-electron chi connectivity index (χ4n) is 0. The van der Waals surface area contributed by atoms with Crippen molar-refractivity contribution in [2.45, 2.75) is 13.7 Å². The van der Waals surface area contributed by atoms with Crippen molar-refractivity contribution in [3.8, 4) is 0 Å². The molecule has 0 spiro atoms. The summed E-state index contributed by atoms with van der Waals surface area (Å²) >= 11 is 0. The van der Waals surface area contributed by atoms with Crippen LogP contribution in [0.25, 0.3) is 0 Å². The second-order valence-corrected chi connectivity index (χ2v) is 0.593. The van der Waals surface area contributed by atoms with Gasteiger partial charge in [0.2, 0.25) is 0 Å². The van der Waals surface area contributed by atoms with Crippen LogP contribution < -0.4 is 34.7 Å². The predicted molar refractivity (Wildman–Crippen MR) is 24.0 cm³/mol. The van der Waals surface area contributed by atoms with Crippen molar-refractivity contribution in [3.05, 3.63) is 0 Å². The maximum Gasteiger partial charge on any atom is 1.00 e. The Bertz CT molecular complexity index is 196. The van der Waals surface area contributed by atoms with Crippen LogP contribution in [0.15, 0.2) is 0 Å². The van der Waals surface area contributed by atoms with Gasteiger partial charge in [0.05, 0.1) is 0 Å². The van der Waals surface area contributed by atoms with Gasteiger partial charge in [0.25, 0.3) is 5.97 Å². The third-order valence-electron chi connectivity index (χ3n) is 0. The second-order valence-electron chi connectivity index (χ2n) is 0.593. The summed E-state index contributed by atoms with van der Waals surface area (Å²) in [6, 6.07) is 0. The maximum atomic E-state index is 9.46. The molecule has 5 heteroatoms. The summed E-state index contributed by atoms with van der Waals surface area (Å²) in [4.78, 5) is 18.8. The third kappa shape index (κ3) is 77800. The van der Waals surface area contributed by atoms with Crippen LogP contribution in [0.1, 0.15) is 21.9 Å². The topological polar surface area (TPSA) is 77.4 Å². The minimum atomic E-state index is -2.94. The van der Waals surface area contributed by atoms with Crippen molar-refractivity contribution in [1.82, 2.24) is 0 Å². The first-order chi connectivity index (χ1) is 5.89. The largest absolute Gasteiger partial charge is 1.00 e. The third-order valence-corrected chi connectivity index (χ3v) is 0. The first-order valence-electron chi connectivity index (χ1n) is 4.34. The molecule has 0 aliphatic heterocycles. The predicted octanol–water partition coefficient (Wildman–Crippen LogP) is -4.15. The number of carboxylic acids is 2. The SMILES string of the molecule is [2H]C([2H])([2H])C(=O)O.[2H]C([2H])([2H])C(=O)[O-].[Na+]. The average molecular weight is 148 g/mol. The van der Waals surface area contributed by atoms with E-state index < -0.39 is 25.6 Å². The van der Waals surface area contributed by atoms with Gasteiger partial charge in [-0.15, -0.1) is 0 Å². The number of aliphatic carboxylic acids is 2. The number of carboxylic acid groups (broad SMARTS) is 2. The minimum absolute atomic E-state index is 0. The molecule has 0 aromatic heterocycles. The van der Waals surface area contributed by atoms with Crippen LogP contribution in [-0.2, 0) is 9.59 Å². The van der Waals surface area contributed by atoms with E-state index in [0.29, 0.717) is 0 Å². The Morgan fingerprint density at radius 2 is 1.78 bits per heavy atom. The van der Waals surface area contributed by atoms with Crippen LogP contribution in [0.5, 0.6) is 0 Å². The van der Waals surface area contributed by atoms with Gasteiger partial charge in [0.1, 0.15) is 0 Å². The Balaban J connectivity index is -0.000000180. The van der Waals surface area contributed by atoms with Crippen LogP contribution in [0.4, 0.5) is 0 Å². The van der Waals surface area contributed by atoms with Crippen LogP contribution >= 0.6 is 0 Å². The number of rotatable bonds is 0. The van der Waals surface area contributed by atoms with Crippen molar-refractivity contribution in [2.24, 2.45) is 0 Å². The van der Waals surface area contributed by atoms with Crippen molar-refractivity contribution in [1.29, 1.82) is 0 Å². The molecule has 0 unspecified atom stereocenters. The Hall–Kier alpha value is -0.0600. The van der Waals surface area contributed by atoms with Crippen LogP contribution in [-0.4, -0.2) is 17.0 Å². The van der Waals surface area contributed by atoms with E-state index in [2.05, 4.69) is 0 Å². The molecule has 0 fully saturated rings. The molecule has 0 saturated heterocycles. The fourth-order valence-corrected chi connectivity index (χ4v) is 0. The first kappa shape index (κ1) is 3.95. The Kier molecular flexibility index (Phi) is 4.76. The van der Waals surface area contributed by atoms with Gasteiger partial charge in [-0.2, -0.15) is 0 Å². The van der Waals surface area contributed by atoms with Gasteiger partial charge in [-0.25, -0.2) is 0 Å². The maximum absolute atomic E-state index is 9.46. The number of hydrogen-bond donors (Lipinski definition) is 1. The zero-order valence-electron chi connectivity index (χ0n) is 10.7.